The third kappa shape index (κ3) is 7.73. The molecule has 2 atom stereocenters. The van der Waals surface area contributed by atoms with E-state index in [0.717, 1.165) is 70.5 Å². The second-order valence-electron chi connectivity index (χ2n) is 12.6. The van der Waals surface area contributed by atoms with Crippen LogP contribution in [0.4, 0.5) is 0 Å². The van der Waals surface area contributed by atoms with Crippen LogP contribution in [0.2, 0.25) is 5.02 Å². The summed E-state index contributed by atoms with van der Waals surface area (Å²) in [6.45, 7) is 6.50. The average molecular weight is 628 g/mol. The van der Waals surface area contributed by atoms with Gasteiger partial charge in [0.2, 0.25) is 15.9 Å². The fourth-order valence-electron chi connectivity index (χ4n) is 7.16. The molecule has 2 saturated carbocycles. The van der Waals surface area contributed by atoms with E-state index in [4.69, 9.17) is 16.3 Å². The molecule has 43 heavy (non-hydrogen) atoms. The highest BCUT2D eigenvalue weighted by Gasteiger charge is 2.38. The predicted molar refractivity (Wildman–Crippen MR) is 170 cm³/mol. The number of halogens is 1. The van der Waals surface area contributed by atoms with Crippen molar-refractivity contribution in [3.8, 4) is 5.75 Å². The molecule has 0 radical (unpaired) electrons. The Balaban J connectivity index is 1.15. The van der Waals surface area contributed by atoms with Crippen LogP contribution >= 0.6 is 11.6 Å². The monoisotopic (exact) mass is 627 g/mol. The number of nitrogens with one attached hydrogen (secondary N) is 3. The van der Waals surface area contributed by atoms with E-state index in [0.29, 0.717) is 42.9 Å². The molecule has 3 aromatic rings. The molecule has 0 saturated heterocycles. The van der Waals surface area contributed by atoms with Crippen molar-refractivity contribution in [2.75, 3.05) is 18.9 Å². The molecule has 0 spiro atoms. The standard InChI is InChI=1S/C33H42ClN3O5S/c1-20-13-23-17-24(14-20)19-25(18-23)32(38)37-43(40,41)12-10-35-33(39)31-28(27-7-4-5-9-29(27)36-31)8-6-11-42-26-15-21(2)30(34)22(3)16-26/h4-5,7,9,15-16,20,23-25,36H,6,8,10-14,17-19H2,1-3H3,(H,35,39)(H,37,38). The second kappa shape index (κ2) is 13.3. The third-order valence-electron chi connectivity index (χ3n) is 8.95. The summed E-state index contributed by atoms with van der Waals surface area (Å²) in [5.41, 5.74) is 4.01. The summed E-state index contributed by atoms with van der Waals surface area (Å²) < 4.78 is 33.7. The number of hydrogen-bond donors (Lipinski definition) is 3. The van der Waals surface area contributed by atoms with Crippen molar-refractivity contribution in [3.63, 3.8) is 0 Å². The van der Waals surface area contributed by atoms with Crippen LogP contribution in [0.25, 0.3) is 10.9 Å². The van der Waals surface area contributed by atoms with E-state index in [9.17, 15) is 18.0 Å². The van der Waals surface area contributed by atoms with Crippen molar-refractivity contribution in [2.45, 2.75) is 65.7 Å². The highest BCUT2D eigenvalue weighted by molar-refractivity contribution is 7.90. The van der Waals surface area contributed by atoms with Crippen LogP contribution in [0, 0.1) is 37.5 Å². The summed E-state index contributed by atoms with van der Waals surface area (Å²) in [6.07, 6.45) is 6.16. The first kappa shape index (κ1) is 31.4. The largest absolute Gasteiger partial charge is 0.494 e. The number of benzene rings is 2. The Kier molecular flexibility index (Phi) is 9.71. The normalized spacial score (nSPS) is 21.9. The van der Waals surface area contributed by atoms with Crippen molar-refractivity contribution in [2.24, 2.45) is 23.7 Å². The number of fused-ring (bicyclic) bond motifs is 3. The van der Waals surface area contributed by atoms with E-state index in [1.54, 1.807) is 0 Å². The minimum absolute atomic E-state index is 0.109. The van der Waals surface area contributed by atoms with Crippen LogP contribution in [-0.4, -0.2) is 44.1 Å². The first-order chi connectivity index (χ1) is 20.5. The zero-order valence-electron chi connectivity index (χ0n) is 25.2. The van der Waals surface area contributed by atoms with Crippen LogP contribution in [0.15, 0.2) is 36.4 Å². The van der Waals surface area contributed by atoms with Gasteiger partial charge in [-0.25, -0.2) is 8.42 Å². The SMILES string of the molecule is Cc1cc(OCCCc2c(C(=O)NCCS(=O)(=O)NC(=O)C3CC4CC(C)CC(C4)C3)[nH]c3ccccc23)cc(C)c1Cl. The zero-order valence-corrected chi connectivity index (χ0v) is 26.7. The number of aromatic amines is 1. The maximum Gasteiger partial charge on any atom is 0.268 e. The van der Waals surface area contributed by atoms with Gasteiger partial charge in [-0.3, -0.25) is 14.3 Å². The number of carbonyl (C=O) groups is 2. The van der Waals surface area contributed by atoms with Crippen molar-refractivity contribution in [1.82, 2.24) is 15.0 Å². The summed E-state index contributed by atoms with van der Waals surface area (Å²) in [7, 11) is -3.88. The minimum atomic E-state index is -3.88. The molecule has 8 nitrogen and oxygen atoms in total. The van der Waals surface area contributed by atoms with E-state index < -0.39 is 15.9 Å². The molecule has 1 heterocycles. The summed E-state index contributed by atoms with van der Waals surface area (Å²) in [5.74, 6) is 1.02. The van der Waals surface area contributed by atoms with Crippen LogP contribution in [0.1, 0.15) is 72.6 Å². The summed E-state index contributed by atoms with van der Waals surface area (Å²) in [5, 5.41) is 4.41. The summed E-state index contributed by atoms with van der Waals surface area (Å²) >= 11 is 6.27. The second-order valence-corrected chi connectivity index (χ2v) is 14.8. The molecule has 2 fully saturated rings. The number of hydrogen-bond acceptors (Lipinski definition) is 5. The van der Waals surface area contributed by atoms with Gasteiger partial charge in [-0.15, -0.1) is 0 Å². The number of ether oxygens (including phenoxy) is 1. The quantitative estimate of drug-likeness (QED) is 0.223. The lowest BCUT2D eigenvalue weighted by atomic mass is 9.65. The Morgan fingerprint density at radius 2 is 1.70 bits per heavy atom. The molecule has 2 unspecified atom stereocenters. The highest BCUT2D eigenvalue weighted by atomic mass is 35.5. The molecule has 2 aromatic carbocycles. The Hall–Kier alpha value is -3.04. The summed E-state index contributed by atoms with van der Waals surface area (Å²) in [4.78, 5) is 29.3. The first-order valence-electron chi connectivity index (χ1n) is 15.3. The fraction of sp³-hybridized carbons (Fsp3) is 0.515. The Labute approximate surface area is 259 Å². The van der Waals surface area contributed by atoms with Gasteiger partial charge in [0.25, 0.3) is 5.91 Å². The van der Waals surface area contributed by atoms with Crippen molar-refractivity contribution < 1.29 is 22.7 Å². The number of H-pyrrole nitrogens is 1. The summed E-state index contributed by atoms with van der Waals surface area (Å²) in [6, 6.07) is 11.5. The molecule has 3 N–H and O–H groups in total. The molecule has 2 aliphatic rings. The third-order valence-corrected chi connectivity index (χ3v) is 10.8. The van der Waals surface area contributed by atoms with E-state index >= 15 is 0 Å². The van der Waals surface area contributed by atoms with Gasteiger partial charge in [0.15, 0.2) is 0 Å². The van der Waals surface area contributed by atoms with Gasteiger partial charge < -0.3 is 15.0 Å². The van der Waals surface area contributed by atoms with Crippen molar-refractivity contribution in [1.29, 1.82) is 0 Å². The number of sulfonamides is 1. The fourth-order valence-corrected chi connectivity index (χ4v) is 8.21. The van der Waals surface area contributed by atoms with Crippen LogP contribution in [0.3, 0.4) is 0 Å². The molecule has 10 heteroatoms. The van der Waals surface area contributed by atoms with Crippen LogP contribution in [0.5, 0.6) is 5.75 Å². The smallest absolute Gasteiger partial charge is 0.268 e. The van der Waals surface area contributed by atoms with Crippen molar-refractivity contribution in [3.05, 3.63) is 63.8 Å². The van der Waals surface area contributed by atoms with Crippen LogP contribution < -0.4 is 14.8 Å². The molecule has 2 amide bonds. The van der Waals surface area contributed by atoms with Gasteiger partial charge in [-0.1, -0.05) is 36.7 Å². The van der Waals surface area contributed by atoms with Gasteiger partial charge in [0.05, 0.1) is 12.4 Å². The molecule has 2 bridgehead atoms. The van der Waals surface area contributed by atoms with Gasteiger partial charge in [0.1, 0.15) is 11.4 Å². The molecule has 232 valence electrons. The molecule has 5 rings (SSSR count). The maximum atomic E-state index is 13.2. The molecule has 1 aromatic heterocycles. The first-order valence-corrected chi connectivity index (χ1v) is 17.3. The van der Waals surface area contributed by atoms with Gasteiger partial charge in [0, 0.05) is 28.4 Å². The number of amides is 2. The molecular weight excluding hydrogens is 586 g/mol. The topological polar surface area (TPSA) is 117 Å². The predicted octanol–water partition coefficient (Wildman–Crippen LogP) is 6.09. The lowest BCUT2D eigenvalue weighted by Gasteiger charge is -2.41. The van der Waals surface area contributed by atoms with E-state index in [2.05, 4.69) is 21.9 Å². The number of carbonyl (C=O) groups excluding carboxylic acids is 2. The van der Waals surface area contributed by atoms with E-state index in [-0.39, 0.29) is 24.1 Å². The van der Waals surface area contributed by atoms with E-state index in [1.165, 1.54) is 0 Å². The number of aryl methyl sites for hydroxylation is 3. The van der Waals surface area contributed by atoms with Crippen molar-refractivity contribution >= 4 is 44.3 Å². The van der Waals surface area contributed by atoms with E-state index in [1.807, 2.05) is 50.2 Å². The zero-order chi connectivity index (χ0) is 30.7. The van der Waals surface area contributed by atoms with Gasteiger partial charge >= 0.3 is 0 Å². The Bertz CT molecular complexity index is 1560. The van der Waals surface area contributed by atoms with Crippen LogP contribution in [-0.2, 0) is 21.2 Å². The lowest BCUT2D eigenvalue weighted by Crippen LogP contribution is -2.43. The molecule has 0 aliphatic heterocycles. The highest BCUT2D eigenvalue weighted by Crippen LogP contribution is 2.44. The Morgan fingerprint density at radius 1 is 1.02 bits per heavy atom. The minimum Gasteiger partial charge on any atom is -0.494 e. The molecule has 2 aliphatic carbocycles. The number of rotatable bonds is 11. The average Bonchev–Trinajstić information content (AvgIpc) is 3.31. The van der Waals surface area contributed by atoms with Gasteiger partial charge in [-0.05, 0) is 111 Å². The van der Waals surface area contributed by atoms with Gasteiger partial charge in [-0.2, -0.15) is 0 Å². The lowest BCUT2D eigenvalue weighted by molar-refractivity contribution is -0.126. The number of para-hydroxylation sites is 1. The molecular formula is C33H42ClN3O5S. The Morgan fingerprint density at radius 3 is 2.40 bits per heavy atom. The number of aromatic nitrogens is 1. The maximum absolute atomic E-state index is 13.2.